The second-order valence-corrected chi connectivity index (χ2v) is 6.65. The number of sulfone groups is 1. The van der Waals surface area contributed by atoms with E-state index in [1.807, 2.05) is 0 Å². The number of likely N-dealkylation sites (N-methyl/N-ethyl adjacent to an activating group) is 1. The summed E-state index contributed by atoms with van der Waals surface area (Å²) in [6.45, 7) is 1.15. The zero-order valence-corrected chi connectivity index (χ0v) is 10.7. The number of hydrogen-bond donors (Lipinski definition) is 1. The molecule has 0 aromatic rings. The van der Waals surface area contributed by atoms with E-state index in [0.717, 1.165) is 25.8 Å². The molecule has 16 heavy (non-hydrogen) atoms. The second kappa shape index (κ2) is 5.63. The second-order valence-electron chi connectivity index (χ2n) is 4.39. The fourth-order valence-electron chi connectivity index (χ4n) is 1.74. The summed E-state index contributed by atoms with van der Waals surface area (Å²) in [5.74, 6) is 0.0328. The molecule has 1 atom stereocenters. The first kappa shape index (κ1) is 13.4. The van der Waals surface area contributed by atoms with Crippen molar-refractivity contribution in [3.05, 3.63) is 0 Å². The van der Waals surface area contributed by atoms with Gasteiger partial charge in [-0.3, -0.25) is 4.79 Å². The van der Waals surface area contributed by atoms with Gasteiger partial charge in [0.05, 0.1) is 11.8 Å². The molecule has 0 aromatic carbocycles. The molecule has 6 heteroatoms. The first-order valence-corrected chi connectivity index (χ1v) is 7.62. The van der Waals surface area contributed by atoms with Gasteiger partial charge in [-0.1, -0.05) is 6.42 Å². The molecule has 1 aliphatic heterocycles. The van der Waals surface area contributed by atoms with E-state index in [0.29, 0.717) is 0 Å². The van der Waals surface area contributed by atoms with Gasteiger partial charge in [-0.2, -0.15) is 0 Å². The zero-order chi connectivity index (χ0) is 12.2. The number of nitrogens with zero attached hydrogens (tertiary/aromatic N) is 1. The largest absolute Gasteiger partial charge is 0.343 e. The number of amides is 1. The Balaban J connectivity index is 2.40. The molecule has 0 spiro atoms. The summed E-state index contributed by atoms with van der Waals surface area (Å²) in [6, 6.07) is -0.127. The Kier molecular flexibility index (Phi) is 4.73. The van der Waals surface area contributed by atoms with Crippen LogP contribution in [0.3, 0.4) is 0 Å². The molecule has 0 aliphatic carbocycles. The molecule has 1 heterocycles. The fraction of sp³-hybridized carbons (Fsp3) is 0.900. The van der Waals surface area contributed by atoms with Crippen molar-refractivity contribution in [3.8, 4) is 0 Å². The third-order valence-electron chi connectivity index (χ3n) is 2.78. The number of carbonyl (C=O) groups is 1. The summed E-state index contributed by atoms with van der Waals surface area (Å²) < 4.78 is 22.0. The van der Waals surface area contributed by atoms with Crippen LogP contribution in [0.5, 0.6) is 0 Å². The lowest BCUT2D eigenvalue weighted by Gasteiger charge is -2.27. The molecular formula is C10H20N2O3S. The number of piperidine rings is 1. The Bertz CT molecular complexity index is 334. The molecule has 94 valence electrons. The van der Waals surface area contributed by atoms with Gasteiger partial charge in [-0.25, -0.2) is 8.42 Å². The third-order valence-corrected chi connectivity index (χ3v) is 3.71. The standard InChI is InChI=1S/C10H20N2O3S/c1-12(7-8-16(2,14)15)10(13)9-5-3-4-6-11-9/h9,11H,3-8H2,1-2H3/t9-/m1/s1. The third kappa shape index (κ3) is 4.49. The normalized spacial score (nSPS) is 21.8. The van der Waals surface area contributed by atoms with Gasteiger partial charge in [0.2, 0.25) is 5.91 Å². The van der Waals surface area contributed by atoms with Gasteiger partial charge in [-0.15, -0.1) is 0 Å². The van der Waals surface area contributed by atoms with Crippen molar-refractivity contribution in [3.63, 3.8) is 0 Å². The Hall–Kier alpha value is -0.620. The zero-order valence-electron chi connectivity index (χ0n) is 9.90. The van der Waals surface area contributed by atoms with E-state index >= 15 is 0 Å². The van der Waals surface area contributed by atoms with E-state index in [1.54, 1.807) is 7.05 Å². The van der Waals surface area contributed by atoms with Gasteiger partial charge in [0.15, 0.2) is 0 Å². The highest BCUT2D eigenvalue weighted by Crippen LogP contribution is 2.09. The van der Waals surface area contributed by atoms with E-state index in [1.165, 1.54) is 11.2 Å². The summed E-state index contributed by atoms with van der Waals surface area (Å²) in [6.07, 6.45) is 4.20. The van der Waals surface area contributed by atoms with Crippen LogP contribution in [0.1, 0.15) is 19.3 Å². The first-order chi connectivity index (χ1) is 7.40. The van der Waals surface area contributed by atoms with Gasteiger partial charge >= 0.3 is 0 Å². The van der Waals surface area contributed by atoms with Crippen LogP contribution < -0.4 is 5.32 Å². The maximum atomic E-state index is 11.9. The summed E-state index contributed by atoms with van der Waals surface area (Å²) in [5, 5.41) is 3.16. The lowest BCUT2D eigenvalue weighted by atomic mass is 10.0. The molecule has 1 fully saturated rings. The van der Waals surface area contributed by atoms with E-state index in [2.05, 4.69) is 5.32 Å². The highest BCUT2D eigenvalue weighted by atomic mass is 32.2. The van der Waals surface area contributed by atoms with Crippen LogP contribution in [0.25, 0.3) is 0 Å². The maximum Gasteiger partial charge on any atom is 0.239 e. The van der Waals surface area contributed by atoms with E-state index < -0.39 is 9.84 Å². The molecular weight excluding hydrogens is 228 g/mol. The molecule has 5 nitrogen and oxygen atoms in total. The monoisotopic (exact) mass is 248 g/mol. The molecule has 1 rings (SSSR count). The smallest absolute Gasteiger partial charge is 0.239 e. The number of nitrogens with one attached hydrogen (secondary N) is 1. The Morgan fingerprint density at radius 2 is 2.12 bits per heavy atom. The van der Waals surface area contributed by atoms with Crippen LogP contribution in [-0.2, 0) is 14.6 Å². The number of rotatable bonds is 4. The van der Waals surface area contributed by atoms with Crippen LogP contribution in [0.15, 0.2) is 0 Å². The topological polar surface area (TPSA) is 66.5 Å². The molecule has 1 amide bonds. The lowest BCUT2D eigenvalue weighted by Crippen LogP contribution is -2.48. The molecule has 0 unspecified atom stereocenters. The highest BCUT2D eigenvalue weighted by Gasteiger charge is 2.23. The molecule has 0 bridgehead atoms. The molecule has 1 N–H and O–H groups in total. The van der Waals surface area contributed by atoms with Crippen molar-refractivity contribution in [2.24, 2.45) is 0 Å². The minimum atomic E-state index is -3.00. The predicted octanol–water partition coefficient (Wildman–Crippen LogP) is -0.368. The van der Waals surface area contributed by atoms with E-state index in [4.69, 9.17) is 0 Å². The van der Waals surface area contributed by atoms with Crippen LogP contribution in [0.4, 0.5) is 0 Å². The first-order valence-electron chi connectivity index (χ1n) is 5.56. The Labute approximate surface area is 97.1 Å². The molecule has 0 saturated carbocycles. The average Bonchev–Trinajstić information content (AvgIpc) is 2.25. The number of carbonyl (C=O) groups excluding carboxylic acids is 1. The summed E-state index contributed by atoms with van der Waals surface area (Å²) in [5.41, 5.74) is 0. The minimum Gasteiger partial charge on any atom is -0.343 e. The molecule has 1 saturated heterocycles. The average molecular weight is 248 g/mol. The van der Waals surface area contributed by atoms with E-state index in [9.17, 15) is 13.2 Å². The minimum absolute atomic E-state index is 0.00310. The van der Waals surface area contributed by atoms with Crippen LogP contribution in [0.2, 0.25) is 0 Å². The summed E-state index contributed by atoms with van der Waals surface area (Å²) in [7, 11) is -1.34. The number of hydrogen-bond acceptors (Lipinski definition) is 4. The lowest BCUT2D eigenvalue weighted by molar-refractivity contribution is -0.132. The fourth-order valence-corrected chi connectivity index (χ4v) is 2.35. The molecule has 0 radical (unpaired) electrons. The van der Waals surface area contributed by atoms with Crippen molar-refractivity contribution in [2.45, 2.75) is 25.3 Å². The predicted molar refractivity (Wildman–Crippen MR) is 63.0 cm³/mol. The SMILES string of the molecule is CN(CCS(C)(=O)=O)C(=O)[C@H]1CCCCN1. The Morgan fingerprint density at radius 1 is 1.44 bits per heavy atom. The van der Waals surface area contributed by atoms with Crippen LogP contribution in [-0.4, -0.2) is 57.4 Å². The van der Waals surface area contributed by atoms with Gasteiger partial charge < -0.3 is 10.2 Å². The van der Waals surface area contributed by atoms with Gasteiger partial charge in [0.1, 0.15) is 9.84 Å². The van der Waals surface area contributed by atoms with Gasteiger partial charge in [0.25, 0.3) is 0 Å². The van der Waals surface area contributed by atoms with Gasteiger partial charge in [0, 0.05) is 19.8 Å². The summed E-state index contributed by atoms with van der Waals surface area (Å²) in [4.78, 5) is 13.4. The van der Waals surface area contributed by atoms with Crippen molar-refractivity contribution in [1.82, 2.24) is 10.2 Å². The van der Waals surface area contributed by atoms with Gasteiger partial charge in [-0.05, 0) is 19.4 Å². The highest BCUT2D eigenvalue weighted by molar-refractivity contribution is 7.90. The summed E-state index contributed by atoms with van der Waals surface area (Å²) >= 11 is 0. The van der Waals surface area contributed by atoms with Crippen molar-refractivity contribution >= 4 is 15.7 Å². The van der Waals surface area contributed by atoms with Crippen LogP contribution >= 0.6 is 0 Å². The Morgan fingerprint density at radius 3 is 2.62 bits per heavy atom. The quantitative estimate of drug-likeness (QED) is 0.737. The molecule has 0 aromatic heterocycles. The van der Waals surface area contributed by atoms with Crippen molar-refractivity contribution in [2.75, 3.05) is 32.1 Å². The van der Waals surface area contributed by atoms with Crippen molar-refractivity contribution in [1.29, 1.82) is 0 Å². The van der Waals surface area contributed by atoms with Crippen LogP contribution in [0, 0.1) is 0 Å². The molecule has 1 aliphatic rings. The maximum absolute atomic E-state index is 11.9. The van der Waals surface area contributed by atoms with E-state index in [-0.39, 0.29) is 24.2 Å². The van der Waals surface area contributed by atoms with Crippen molar-refractivity contribution < 1.29 is 13.2 Å².